The van der Waals surface area contributed by atoms with E-state index in [9.17, 15) is 4.79 Å². The van der Waals surface area contributed by atoms with Crippen LogP contribution in [0.3, 0.4) is 0 Å². The Hall–Kier alpha value is -0.570. The van der Waals surface area contributed by atoms with Gasteiger partial charge in [-0.2, -0.15) is 0 Å². The third kappa shape index (κ3) is 2.22. The van der Waals surface area contributed by atoms with Crippen molar-refractivity contribution in [3.63, 3.8) is 0 Å². The molecule has 1 amide bonds. The topological polar surface area (TPSA) is 32.3 Å². The van der Waals surface area contributed by atoms with Crippen molar-refractivity contribution < 1.29 is 4.79 Å². The number of hydrogen-bond donors (Lipinski definition) is 1. The standard InChI is InChI=1S/C14H24N2O/c1-10-2-4-11(5-3-10)14(17)16-8-12-6-7-15-13(12)9-16/h10-13,15H,2-9H2,1H3/t10?,11?,12-,13+/m0/s1. The highest BCUT2D eigenvalue weighted by atomic mass is 16.2. The first-order valence-corrected chi connectivity index (χ1v) is 7.26. The average Bonchev–Trinajstić information content (AvgIpc) is 2.89. The van der Waals surface area contributed by atoms with Crippen molar-refractivity contribution in [1.82, 2.24) is 10.2 Å². The number of nitrogens with zero attached hydrogens (tertiary/aromatic N) is 1. The van der Waals surface area contributed by atoms with Crippen molar-refractivity contribution in [1.29, 1.82) is 0 Å². The van der Waals surface area contributed by atoms with Crippen molar-refractivity contribution in [3.05, 3.63) is 0 Å². The first kappa shape index (κ1) is 11.5. The predicted molar refractivity (Wildman–Crippen MR) is 67.6 cm³/mol. The summed E-state index contributed by atoms with van der Waals surface area (Å²) in [5, 5.41) is 3.52. The van der Waals surface area contributed by atoms with Crippen LogP contribution in [0.4, 0.5) is 0 Å². The second-order valence-electron chi connectivity index (χ2n) is 6.31. The maximum atomic E-state index is 12.4. The smallest absolute Gasteiger partial charge is 0.225 e. The Morgan fingerprint density at radius 1 is 1.12 bits per heavy atom. The van der Waals surface area contributed by atoms with Crippen molar-refractivity contribution in [3.8, 4) is 0 Å². The lowest BCUT2D eigenvalue weighted by Crippen LogP contribution is -2.38. The molecule has 3 nitrogen and oxygen atoms in total. The lowest BCUT2D eigenvalue weighted by atomic mass is 9.82. The maximum absolute atomic E-state index is 12.4. The Bertz CT molecular complexity index is 285. The number of fused-ring (bicyclic) bond motifs is 1. The van der Waals surface area contributed by atoms with Gasteiger partial charge in [-0.1, -0.05) is 6.92 Å². The Kier molecular flexibility index (Phi) is 3.12. The second kappa shape index (κ2) is 4.60. The lowest BCUT2D eigenvalue weighted by molar-refractivity contribution is -0.136. The molecule has 3 fully saturated rings. The summed E-state index contributed by atoms with van der Waals surface area (Å²) in [6, 6.07) is 0.599. The van der Waals surface area contributed by atoms with Gasteiger partial charge in [0.2, 0.25) is 5.91 Å². The van der Waals surface area contributed by atoms with Gasteiger partial charge in [0.15, 0.2) is 0 Å². The molecule has 0 unspecified atom stereocenters. The summed E-state index contributed by atoms with van der Waals surface area (Å²) in [5.41, 5.74) is 0. The number of likely N-dealkylation sites (tertiary alicyclic amines) is 1. The summed E-state index contributed by atoms with van der Waals surface area (Å²) in [5.74, 6) is 2.36. The molecule has 1 saturated carbocycles. The fourth-order valence-corrected chi connectivity index (χ4v) is 3.79. The monoisotopic (exact) mass is 236 g/mol. The SMILES string of the molecule is CC1CCC(C(=O)N2C[C@@H]3CCN[C@@H]3C2)CC1. The molecular weight excluding hydrogens is 212 g/mol. The normalized spacial score (nSPS) is 41.6. The number of carbonyl (C=O) groups excluding carboxylic acids is 1. The molecule has 0 aromatic rings. The largest absolute Gasteiger partial charge is 0.341 e. The number of rotatable bonds is 1. The minimum atomic E-state index is 0.338. The zero-order valence-corrected chi connectivity index (χ0v) is 10.8. The molecule has 0 aromatic carbocycles. The molecule has 17 heavy (non-hydrogen) atoms. The molecule has 3 heteroatoms. The molecule has 3 aliphatic rings. The number of carbonyl (C=O) groups is 1. The van der Waals surface area contributed by atoms with E-state index < -0.39 is 0 Å². The van der Waals surface area contributed by atoms with Crippen molar-refractivity contribution in [2.75, 3.05) is 19.6 Å². The average molecular weight is 236 g/mol. The highest BCUT2D eigenvalue weighted by Gasteiger charge is 2.39. The van der Waals surface area contributed by atoms with Crippen LogP contribution >= 0.6 is 0 Å². The third-order valence-corrected chi connectivity index (χ3v) is 5.04. The van der Waals surface area contributed by atoms with Gasteiger partial charge in [0.25, 0.3) is 0 Å². The molecular formula is C14H24N2O. The van der Waals surface area contributed by atoms with Gasteiger partial charge >= 0.3 is 0 Å². The molecule has 96 valence electrons. The van der Waals surface area contributed by atoms with E-state index in [1.165, 1.54) is 19.3 Å². The molecule has 0 spiro atoms. The molecule has 0 aromatic heterocycles. The molecule has 3 rings (SSSR count). The molecule has 0 radical (unpaired) electrons. The van der Waals surface area contributed by atoms with Crippen LogP contribution in [0.1, 0.15) is 39.0 Å². The van der Waals surface area contributed by atoms with Crippen LogP contribution in [-0.2, 0) is 4.79 Å². The fraction of sp³-hybridized carbons (Fsp3) is 0.929. The van der Waals surface area contributed by atoms with Crippen LogP contribution in [0.5, 0.6) is 0 Å². The molecule has 0 bridgehead atoms. The van der Waals surface area contributed by atoms with E-state index in [1.54, 1.807) is 0 Å². The zero-order valence-electron chi connectivity index (χ0n) is 10.8. The van der Waals surface area contributed by atoms with Crippen LogP contribution < -0.4 is 5.32 Å². The Morgan fingerprint density at radius 2 is 1.88 bits per heavy atom. The van der Waals surface area contributed by atoms with E-state index >= 15 is 0 Å². The van der Waals surface area contributed by atoms with Crippen LogP contribution in [0.25, 0.3) is 0 Å². The van der Waals surface area contributed by atoms with Crippen molar-refractivity contribution >= 4 is 5.91 Å². The van der Waals surface area contributed by atoms with E-state index in [0.717, 1.165) is 44.3 Å². The molecule has 1 aliphatic carbocycles. The minimum absolute atomic E-state index is 0.338. The number of nitrogens with one attached hydrogen (secondary N) is 1. The molecule has 2 atom stereocenters. The first-order valence-electron chi connectivity index (χ1n) is 7.26. The Labute approximate surface area is 104 Å². The highest BCUT2D eigenvalue weighted by molar-refractivity contribution is 5.79. The molecule has 2 aliphatic heterocycles. The van der Waals surface area contributed by atoms with Crippen molar-refractivity contribution in [2.24, 2.45) is 17.8 Å². The molecule has 2 heterocycles. The van der Waals surface area contributed by atoms with Gasteiger partial charge in [0, 0.05) is 25.0 Å². The quantitative estimate of drug-likeness (QED) is 0.750. The van der Waals surface area contributed by atoms with E-state index in [2.05, 4.69) is 17.1 Å². The summed E-state index contributed by atoms with van der Waals surface area (Å²) in [6.07, 6.45) is 6.00. The van der Waals surface area contributed by atoms with Gasteiger partial charge in [-0.3, -0.25) is 4.79 Å². The lowest BCUT2D eigenvalue weighted by Gasteiger charge is -2.29. The summed E-state index contributed by atoms with van der Waals surface area (Å²) in [4.78, 5) is 14.6. The van der Waals surface area contributed by atoms with Crippen LogP contribution in [0.15, 0.2) is 0 Å². The summed E-state index contributed by atoms with van der Waals surface area (Å²) in [7, 11) is 0. The third-order valence-electron chi connectivity index (χ3n) is 5.04. The van der Waals surface area contributed by atoms with Gasteiger partial charge in [0.1, 0.15) is 0 Å². The highest BCUT2D eigenvalue weighted by Crippen LogP contribution is 2.32. The Balaban J connectivity index is 1.56. The van der Waals surface area contributed by atoms with Gasteiger partial charge in [-0.15, -0.1) is 0 Å². The maximum Gasteiger partial charge on any atom is 0.225 e. The fourth-order valence-electron chi connectivity index (χ4n) is 3.79. The van der Waals surface area contributed by atoms with Crippen molar-refractivity contribution in [2.45, 2.75) is 45.1 Å². The predicted octanol–water partition coefficient (Wildman–Crippen LogP) is 1.63. The van der Waals surface area contributed by atoms with Crippen LogP contribution in [0, 0.1) is 17.8 Å². The van der Waals surface area contributed by atoms with E-state index in [0.29, 0.717) is 17.9 Å². The molecule has 2 saturated heterocycles. The van der Waals surface area contributed by atoms with E-state index in [1.807, 2.05) is 0 Å². The Morgan fingerprint density at radius 3 is 2.59 bits per heavy atom. The van der Waals surface area contributed by atoms with Gasteiger partial charge in [0.05, 0.1) is 0 Å². The molecule has 1 N–H and O–H groups in total. The summed E-state index contributed by atoms with van der Waals surface area (Å²) < 4.78 is 0. The first-order chi connectivity index (χ1) is 8.24. The van der Waals surface area contributed by atoms with Gasteiger partial charge in [-0.05, 0) is 50.5 Å². The number of amides is 1. The minimum Gasteiger partial charge on any atom is -0.341 e. The van der Waals surface area contributed by atoms with Crippen LogP contribution in [0.2, 0.25) is 0 Å². The summed E-state index contributed by atoms with van der Waals surface area (Å²) >= 11 is 0. The summed E-state index contributed by atoms with van der Waals surface area (Å²) in [6.45, 7) is 5.45. The zero-order chi connectivity index (χ0) is 11.8. The second-order valence-corrected chi connectivity index (χ2v) is 6.31. The van der Waals surface area contributed by atoms with Crippen LogP contribution in [-0.4, -0.2) is 36.5 Å². The number of hydrogen-bond acceptors (Lipinski definition) is 2. The van der Waals surface area contributed by atoms with Gasteiger partial charge in [-0.25, -0.2) is 0 Å². The van der Waals surface area contributed by atoms with E-state index in [4.69, 9.17) is 0 Å². The van der Waals surface area contributed by atoms with Gasteiger partial charge < -0.3 is 10.2 Å². The van der Waals surface area contributed by atoms with E-state index in [-0.39, 0.29) is 0 Å².